The Bertz CT molecular complexity index is 1120. The first-order chi connectivity index (χ1) is 18.0. The van der Waals surface area contributed by atoms with Crippen molar-refractivity contribution in [1.82, 2.24) is 10.6 Å². The zero-order valence-corrected chi connectivity index (χ0v) is 23.4. The highest BCUT2D eigenvalue weighted by molar-refractivity contribution is 7.99. The molecule has 2 amide bonds. The molecule has 2 aromatic carbocycles. The van der Waals surface area contributed by atoms with Crippen LogP contribution in [0.25, 0.3) is 0 Å². The van der Waals surface area contributed by atoms with E-state index < -0.39 is 42.1 Å². The number of ether oxygens (including phenoxy) is 2. The summed E-state index contributed by atoms with van der Waals surface area (Å²) in [7, 11) is 3.00. The van der Waals surface area contributed by atoms with Crippen LogP contribution in [0.2, 0.25) is 5.02 Å². The monoisotopic (exact) mass is 564 g/mol. The van der Waals surface area contributed by atoms with Crippen LogP contribution in [-0.2, 0) is 31.4 Å². The molecule has 0 bridgehead atoms. The number of aliphatic carboxylic acids is 1. The van der Waals surface area contributed by atoms with Crippen LogP contribution in [0.15, 0.2) is 42.5 Å². The van der Waals surface area contributed by atoms with Gasteiger partial charge >= 0.3 is 5.97 Å². The normalized spacial score (nSPS) is 12.4. The number of halogens is 1. The minimum absolute atomic E-state index is 0.00912. The van der Waals surface area contributed by atoms with Crippen molar-refractivity contribution in [3.8, 4) is 11.5 Å². The van der Waals surface area contributed by atoms with E-state index in [0.717, 1.165) is 5.56 Å². The van der Waals surface area contributed by atoms with Gasteiger partial charge in [0.1, 0.15) is 17.5 Å². The van der Waals surface area contributed by atoms with Crippen molar-refractivity contribution in [2.75, 3.05) is 20.0 Å². The molecule has 0 aromatic heterocycles. The molecule has 2 rings (SSSR count). The second-order valence-electron chi connectivity index (χ2n) is 8.89. The first kappa shape index (κ1) is 31.0. The molecular formula is C27H33ClN2O7S. The Balaban J connectivity index is 2.04. The summed E-state index contributed by atoms with van der Waals surface area (Å²) in [5.74, 6) is -1.46. The summed E-state index contributed by atoms with van der Waals surface area (Å²) in [5, 5.41) is 15.1. The molecule has 0 aliphatic rings. The molecule has 3 N–H and O–H groups in total. The summed E-state index contributed by atoms with van der Waals surface area (Å²) in [6.07, 6.45) is -0.637. The number of hydrogen-bond donors (Lipinski definition) is 3. The lowest BCUT2D eigenvalue weighted by Crippen LogP contribution is -2.54. The molecule has 0 aliphatic carbocycles. The van der Waals surface area contributed by atoms with Gasteiger partial charge in [0.2, 0.25) is 11.8 Å². The van der Waals surface area contributed by atoms with Crippen molar-refractivity contribution in [3.63, 3.8) is 0 Å². The molecule has 2 unspecified atom stereocenters. The van der Waals surface area contributed by atoms with E-state index in [2.05, 4.69) is 10.6 Å². The van der Waals surface area contributed by atoms with Crippen molar-refractivity contribution >= 4 is 46.9 Å². The number of Topliss-reactive ketones (excluding diaryl/α,β-unsaturated/α-hetero) is 1. The molecule has 2 aromatic rings. The van der Waals surface area contributed by atoms with E-state index in [4.69, 9.17) is 21.1 Å². The predicted octanol–water partition coefficient (Wildman–Crippen LogP) is 3.50. The van der Waals surface area contributed by atoms with Crippen molar-refractivity contribution in [2.45, 2.75) is 44.5 Å². The van der Waals surface area contributed by atoms with Gasteiger partial charge in [-0.3, -0.25) is 19.2 Å². The second-order valence-corrected chi connectivity index (χ2v) is 10.3. The topological polar surface area (TPSA) is 131 Å². The highest BCUT2D eigenvalue weighted by Gasteiger charge is 2.30. The lowest BCUT2D eigenvalue weighted by atomic mass is 10.0. The number of amides is 2. The number of carboxylic acids is 1. The number of carbonyl (C=O) groups is 4. The third-order valence-electron chi connectivity index (χ3n) is 5.61. The molecule has 38 heavy (non-hydrogen) atoms. The van der Waals surface area contributed by atoms with Gasteiger partial charge in [0, 0.05) is 16.3 Å². The third-order valence-corrected chi connectivity index (χ3v) is 6.89. The van der Waals surface area contributed by atoms with Gasteiger partial charge in [-0.1, -0.05) is 37.6 Å². The highest BCUT2D eigenvalue weighted by atomic mass is 35.5. The van der Waals surface area contributed by atoms with Crippen molar-refractivity contribution in [3.05, 3.63) is 58.6 Å². The van der Waals surface area contributed by atoms with Gasteiger partial charge in [-0.05, 0) is 41.8 Å². The van der Waals surface area contributed by atoms with E-state index >= 15 is 0 Å². The molecule has 0 saturated heterocycles. The predicted molar refractivity (Wildman–Crippen MR) is 147 cm³/mol. The lowest BCUT2D eigenvalue weighted by Gasteiger charge is -2.25. The van der Waals surface area contributed by atoms with E-state index in [0.29, 0.717) is 27.8 Å². The summed E-state index contributed by atoms with van der Waals surface area (Å²) in [6.45, 7) is 3.49. The first-order valence-electron chi connectivity index (χ1n) is 11.9. The molecule has 206 valence electrons. The Morgan fingerprint density at radius 3 is 2.26 bits per heavy atom. The summed E-state index contributed by atoms with van der Waals surface area (Å²) in [4.78, 5) is 50.1. The Kier molecular flexibility index (Phi) is 12.4. The average molecular weight is 565 g/mol. The number of carboxylic acid groups (broad SMARTS) is 1. The minimum Gasteiger partial charge on any atom is -0.497 e. The second kappa shape index (κ2) is 15.2. The smallest absolute Gasteiger partial charge is 0.305 e. The van der Waals surface area contributed by atoms with Gasteiger partial charge in [0.25, 0.3) is 0 Å². The number of thioether (sulfide) groups is 1. The van der Waals surface area contributed by atoms with E-state index in [1.165, 1.54) is 26.0 Å². The average Bonchev–Trinajstić information content (AvgIpc) is 2.87. The summed E-state index contributed by atoms with van der Waals surface area (Å²) >= 11 is 7.19. The Hall–Kier alpha value is -3.24. The van der Waals surface area contributed by atoms with Crippen LogP contribution in [0, 0.1) is 5.92 Å². The molecule has 0 heterocycles. The van der Waals surface area contributed by atoms with Crippen LogP contribution < -0.4 is 20.1 Å². The maximum absolute atomic E-state index is 13.1. The molecule has 0 aliphatic heterocycles. The number of ketones is 1. The maximum atomic E-state index is 13.1. The van der Waals surface area contributed by atoms with Gasteiger partial charge in [-0.15, -0.1) is 11.8 Å². The third kappa shape index (κ3) is 9.90. The van der Waals surface area contributed by atoms with Gasteiger partial charge in [0.05, 0.1) is 38.9 Å². The number of carbonyl (C=O) groups excluding carboxylic acids is 3. The van der Waals surface area contributed by atoms with Crippen molar-refractivity contribution in [1.29, 1.82) is 0 Å². The summed E-state index contributed by atoms with van der Waals surface area (Å²) < 4.78 is 10.5. The van der Waals surface area contributed by atoms with Crippen molar-refractivity contribution < 1.29 is 33.8 Å². The van der Waals surface area contributed by atoms with Gasteiger partial charge in [0.15, 0.2) is 5.78 Å². The van der Waals surface area contributed by atoms with Crippen LogP contribution in [-0.4, -0.2) is 60.7 Å². The lowest BCUT2D eigenvalue weighted by molar-refractivity contribution is -0.140. The minimum atomic E-state index is -1.23. The number of nitrogens with one attached hydrogen (secondary N) is 2. The van der Waals surface area contributed by atoms with E-state index in [1.807, 2.05) is 12.1 Å². The molecule has 0 radical (unpaired) electrons. The Labute approximate surface area is 231 Å². The summed E-state index contributed by atoms with van der Waals surface area (Å²) in [6, 6.07) is 10.0. The molecule has 11 heteroatoms. The Morgan fingerprint density at radius 1 is 1.00 bits per heavy atom. The van der Waals surface area contributed by atoms with Crippen LogP contribution >= 0.6 is 23.4 Å². The van der Waals surface area contributed by atoms with Crippen LogP contribution in [0.5, 0.6) is 11.5 Å². The first-order valence-corrected chi connectivity index (χ1v) is 13.4. The molecule has 2 atom stereocenters. The number of benzene rings is 2. The molecule has 0 fully saturated rings. The van der Waals surface area contributed by atoms with Crippen LogP contribution in [0.4, 0.5) is 0 Å². The zero-order valence-electron chi connectivity index (χ0n) is 21.8. The standard InChI is InChI=1S/C27H33ClN2O7S/c1-16(2)26(30-24(32)12-18-11-20(36-3)9-10-23(18)37-4)27(35)29-21(13-25(33)34)22(31)15-38-14-17-5-7-19(28)8-6-17/h5-11,16,21,26H,12-15H2,1-4H3,(H,29,35)(H,30,32)(H,33,34). The Morgan fingerprint density at radius 2 is 1.68 bits per heavy atom. The fourth-order valence-electron chi connectivity index (χ4n) is 3.58. The largest absolute Gasteiger partial charge is 0.497 e. The number of methoxy groups -OCH3 is 2. The molecule has 0 spiro atoms. The van der Waals surface area contributed by atoms with E-state index in [-0.39, 0.29) is 18.1 Å². The van der Waals surface area contributed by atoms with Gasteiger partial charge in [-0.2, -0.15) is 0 Å². The van der Waals surface area contributed by atoms with Gasteiger partial charge < -0.3 is 25.2 Å². The summed E-state index contributed by atoms with van der Waals surface area (Å²) in [5.41, 5.74) is 1.53. The quantitative estimate of drug-likeness (QED) is 0.299. The van der Waals surface area contributed by atoms with Gasteiger partial charge in [-0.25, -0.2) is 0 Å². The van der Waals surface area contributed by atoms with Crippen LogP contribution in [0.3, 0.4) is 0 Å². The maximum Gasteiger partial charge on any atom is 0.305 e. The number of rotatable bonds is 15. The van der Waals surface area contributed by atoms with Crippen molar-refractivity contribution in [2.24, 2.45) is 5.92 Å². The number of hydrogen-bond acceptors (Lipinski definition) is 7. The van der Waals surface area contributed by atoms with Crippen LogP contribution in [0.1, 0.15) is 31.4 Å². The van der Waals surface area contributed by atoms with E-state index in [9.17, 15) is 24.3 Å². The molecule has 9 nitrogen and oxygen atoms in total. The fraction of sp³-hybridized carbons (Fsp3) is 0.407. The molecule has 0 saturated carbocycles. The molecular weight excluding hydrogens is 532 g/mol. The highest BCUT2D eigenvalue weighted by Crippen LogP contribution is 2.24. The zero-order chi connectivity index (χ0) is 28.2. The SMILES string of the molecule is COc1ccc(OC)c(CC(=O)NC(C(=O)NC(CC(=O)O)C(=O)CSCc2ccc(Cl)cc2)C(C)C)c1. The fourth-order valence-corrected chi connectivity index (χ4v) is 4.64. The van der Waals surface area contributed by atoms with E-state index in [1.54, 1.807) is 44.2 Å².